The van der Waals surface area contributed by atoms with Gasteiger partial charge in [-0.25, -0.2) is 4.98 Å². The first kappa shape index (κ1) is 19.4. The molecule has 1 amide bonds. The largest absolute Gasteiger partial charge is 0.489 e. The van der Waals surface area contributed by atoms with Gasteiger partial charge in [-0.1, -0.05) is 42.5 Å². The van der Waals surface area contributed by atoms with Gasteiger partial charge in [0.1, 0.15) is 18.2 Å². The van der Waals surface area contributed by atoms with Crippen LogP contribution >= 0.6 is 0 Å². The number of nitrogens with one attached hydrogen (secondary N) is 2. The Bertz CT molecular complexity index is 1110. The second kappa shape index (κ2) is 9.05. The molecule has 0 saturated heterocycles. The Morgan fingerprint density at radius 1 is 1.07 bits per heavy atom. The van der Waals surface area contributed by atoms with Crippen LogP contribution in [0.15, 0.2) is 85.3 Å². The molecule has 0 aliphatic heterocycles. The molecule has 0 aliphatic carbocycles. The third kappa shape index (κ3) is 4.72. The van der Waals surface area contributed by atoms with Crippen LogP contribution in [-0.4, -0.2) is 20.9 Å². The maximum Gasteiger partial charge on any atom is 0.251 e. The number of carbonyl (C=O) groups excluding carboxylic acids is 1. The number of hydrogen-bond acceptors (Lipinski definition) is 4. The monoisotopic (exact) mass is 398 g/mol. The van der Waals surface area contributed by atoms with Gasteiger partial charge < -0.3 is 15.0 Å². The molecule has 2 heterocycles. The van der Waals surface area contributed by atoms with Crippen LogP contribution in [0.25, 0.3) is 11.3 Å². The van der Waals surface area contributed by atoms with E-state index in [0.717, 1.165) is 16.8 Å². The zero-order valence-corrected chi connectivity index (χ0v) is 16.6. The van der Waals surface area contributed by atoms with E-state index in [-0.39, 0.29) is 11.9 Å². The first-order valence-corrected chi connectivity index (χ1v) is 9.72. The van der Waals surface area contributed by atoms with Crippen LogP contribution in [0.5, 0.6) is 5.75 Å². The highest BCUT2D eigenvalue weighted by Crippen LogP contribution is 2.20. The third-order valence-corrected chi connectivity index (χ3v) is 4.66. The topological polar surface area (TPSA) is 79.9 Å². The van der Waals surface area contributed by atoms with Crippen molar-refractivity contribution in [3.63, 3.8) is 0 Å². The maximum absolute atomic E-state index is 12.7. The van der Waals surface area contributed by atoms with Crippen LogP contribution in [0.2, 0.25) is 0 Å². The predicted octanol–water partition coefficient (Wildman–Crippen LogP) is 4.54. The molecule has 0 spiro atoms. The molecule has 6 nitrogen and oxygen atoms in total. The highest BCUT2D eigenvalue weighted by Gasteiger charge is 2.15. The van der Waals surface area contributed by atoms with Crippen LogP contribution < -0.4 is 10.1 Å². The minimum atomic E-state index is -0.269. The summed E-state index contributed by atoms with van der Waals surface area (Å²) in [5, 5.41) is 2.98. The average molecular weight is 398 g/mol. The van der Waals surface area contributed by atoms with Gasteiger partial charge in [-0.15, -0.1) is 0 Å². The quantitative estimate of drug-likeness (QED) is 0.479. The van der Waals surface area contributed by atoms with E-state index >= 15 is 0 Å². The Hall–Kier alpha value is -3.93. The molecule has 0 aliphatic rings. The number of H-pyrrole nitrogens is 1. The van der Waals surface area contributed by atoms with Crippen molar-refractivity contribution in [3.05, 3.63) is 102 Å². The minimum absolute atomic E-state index is 0.188. The molecule has 1 atom stereocenters. The van der Waals surface area contributed by atoms with Gasteiger partial charge >= 0.3 is 0 Å². The lowest BCUT2D eigenvalue weighted by Crippen LogP contribution is -2.27. The standard InChI is InChI=1S/C24H22N4O2/c1-17(23-26-15-22(28-23)19-8-3-2-4-9-19)27-24(29)20-10-5-11-21(13-20)30-16-18-7-6-12-25-14-18/h2-15,17H,16H2,1H3,(H,26,28)(H,27,29). The maximum atomic E-state index is 12.7. The molecular weight excluding hydrogens is 376 g/mol. The van der Waals surface area contributed by atoms with Crippen molar-refractivity contribution in [2.75, 3.05) is 0 Å². The highest BCUT2D eigenvalue weighted by molar-refractivity contribution is 5.94. The van der Waals surface area contributed by atoms with Gasteiger partial charge in [0.05, 0.1) is 17.9 Å². The van der Waals surface area contributed by atoms with Crippen molar-refractivity contribution in [1.29, 1.82) is 0 Å². The predicted molar refractivity (Wildman–Crippen MR) is 115 cm³/mol. The Kier molecular flexibility index (Phi) is 5.85. The fraction of sp³-hybridized carbons (Fsp3) is 0.125. The van der Waals surface area contributed by atoms with Gasteiger partial charge in [0, 0.05) is 23.5 Å². The molecule has 150 valence electrons. The fourth-order valence-electron chi connectivity index (χ4n) is 3.05. The number of carbonyl (C=O) groups is 1. The molecule has 0 saturated carbocycles. The molecule has 4 rings (SSSR count). The first-order valence-electron chi connectivity index (χ1n) is 9.72. The molecule has 0 fully saturated rings. The fourth-order valence-corrected chi connectivity index (χ4v) is 3.05. The lowest BCUT2D eigenvalue weighted by Gasteiger charge is -2.13. The highest BCUT2D eigenvalue weighted by atomic mass is 16.5. The van der Waals surface area contributed by atoms with Gasteiger partial charge in [0.15, 0.2) is 0 Å². The van der Waals surface area contributed by atoms with E-state index in [2.05, 4.69) is 20.3 Å². The van der Waals surface area contributed by atoms with Crippen molar-refractivity contribution < 1.29 is 9.53 Å². The lowest BCUT2D eigenvalue weighted by molar-refractivity contribution is 0.0938. The summed E-state index contributed by atoms with van der Waals surface area (Å²) < 4.78 is 5.79. The van der Waals surface area contributed by atoms with Crippen LogP contribution in [0.3, 0.4) is 0 Å². The van der Waals surface area contributed by atoms with Crippen LogP contribution in [0.4, 0.5) is 0 Å². The molecule has 2 N–H and O–H groups in total. The van der Waals surface area contributed by atoms with E-state index in [1.807, 2.05) is 55.5 Å². The van der Waals surface area contributed by atoms with Crippen molar-refractivity contribution in [3.8, 4) is 17.0 Å². The van der Waals surface area contributed by atoms with E-state index in [9.17, 15) is 4.79 Å². The first-order chi connectivity index (χ1) is 14.7. The summed E-state index contributed by atoms with van der Waals surface area (Å²) >= 11 is 0. The number of amides is 1. The number of ether oxygens (including phenoxy) is 1. The number of rotatable bonds is 7. The summed E-state index contributed by atoms with van der Waals surface area (Å²) in [6.45, 7) is 2.29. The molecule has 30 heavy (non-hydrogen) atoms. The number of pyridine rings is 1. The molecule has 2 aromatic carbocycles. The lowest BCUT2D eigenvalue weighted by atomic mass is 10.2. The van der Waals surface area contributed by atoms with Gasteiger partial charge in [-0.2, -0.15) is 0 Å². The Morgan fingerprint density at radius 2 is 1.93 bits per heavy atom. The van der Waals surface area contributed by atoms with Gasteiger partial charge in [-0.05, 0) is 36.8 Å². The molecule has 4 aromatic rings. The summed E-state index contributed by atoms with van der Waals surface area (Å²) in [6.07, 6.45) is 5.25. The van der Waals surface area contributed by atoms with Crippen molar-refractivity contribution in [1.82, 2.24) is 20.3 Å². The molecule has 0 radical (unpaired) electrons. The van der Waals surface area contributed by atoms with Crippen LogP contribution in [0, 0.1) is 0 Å². The SMILES string of the molecule is CC(NC(=O)c1cccc(OCc2cccnc2)c1)c1ncc(-c2ccccc2)[nH]1. The summed E-state index contributed by atoms with van der Waals surface area (Å²) in [7, 11) is 0. The summed E-state index contributed by atoms with van der Waals surface area (Å²) in [4.78, 5) is 24.5. The van der Waals surface area contributed by atoms with Crippen molar-refractivity contribution >= 4 is 5.91 Å². The van der Waals surface area contributed by atoms with E-state index < -0.39 is 0 Å². The zero-order valence-electron chi connectivity index (χ0n) is 16.6. The minimum Gasteiger partial charge on any atom is -0.489 e. The molecule has 2 aromatic heterocycles. The van der Waals surface area contributed by atoms with E-state index in [1.54, 1.807) is 36.8 Å². The Balaban J connectivity index is 1.39. The average Bonchev–Trinajstić information content (AvgIpc) is 3.30. The molecule has 0 bridgehead atoms. The molecule has 6 heteroatoms. The smallest absolute Gasteiger partial charge is 0.251 e. The number of aromatic amines is 1. The van der Waals surface area contributed by atoms with Crippen molar-refractivity contribution in [2.24, 2.45) is 0 Å². The normalized spacial score (nSPS) is 11.6. The number of nitrogens with zero attached hydrogens (tertiary/aromatic N) is 2. The zero-order chi connectivity index (χ0) is 20.8. The van der Waals surface area contributed by atoms with E-state index in [1.165, 1.54) is 0 Å². The third-order valence-electron chi connectivity index (χ3n) is 4.66. The van der Waals surface area contributed by atoms with Crippen LogP contribution in [-0.2, 0) is 6.61 Å². The number of aromatic nitrogens is 3. The molecular formula is C24H22N4O2. The number of benzene rings is 2. The second-order valence-corrected chi connectivity index (χ2v) is 6.92. The van der Waals surface area contributed by atoms with Gasteiger partial charge in [0.2, 0.25) is 0 Å². The van der Waals surface area contributed by atoms with Crippen LogP contribution in [0.1, 0.15) is 34.7 Å². The van der Waals surface area contributed by atoms with Gasteiger partial charge in [-0.3, -0.25) is 9.78 Å². The van der Waals surface area contributed by atoms with Crippen molar-refractivity contribution in [2.45, 2.75) is 19.6 Å². The number of imidazole rings is 1. The summed E-state index contributed by atoms with van der Waals surface area (Å²) in [5.74, 6) is 1.14. The molecule has 1 unspecified atom stereocenters. The second-order valence-electron chi connectivity index (χ2n) is 6.92. The van der Waals surface area contributed by atoms with E-state index in [4.69, 9.17) is 4.74 Å². The summed E-state index contributed by atoms with van der Waals surface area (Å²) in [5.41, 5.74) is 3.46. The van der Waals surface area contributed by atoms with Gasteiger partial charge in [0.25, 0.3) is 5.91 Å². The number of hydrogen-bond donors (Lipinski definition) is 2. The Labute approximate surface area is 175 Å². The summed E-state index contributed by atoms with van der Waals surface area (Å²) in [6, 6.07) is 20.6. The van der Waals surface area contributed by atoms with E-state index in [0.29, 0.717) is 23.7 Å². The Morgan fingerprint density at radius 3 is 2.73 bits per heavy atom.